The van der Waals surface area contributed by atoms with Crippen molar-refractivity contribution in [1.82, 2.24) is 0 Å². The maximum Gasteiger partial charge on any atom is 0.164 e. The Hall–Kier alpha value is -1.72. The van der Waals surface area contributed by atoms with Crippen LogP contribution in [0.2, 0.25) is 0 Å². The Morgan fingerprint density at radius 2 is 1.78 bits per heavy atom. The van der Waals surface area contributed by atoms with Gasteiger partial charge < -0.3 is 24.1 Å². The minimum Gasteiger partial charge on any atom is -0.493 e. The van der Waals surface area contributed by atoms with Crippen molar-refractivity contribution in [3.05, 3.63) is 24.0 Å². The first-order valence-corrected chi connectivity index (χ1v) is 5.51. The van der Waals surface area contributed by atoms with Crippen molar-refractivity contribution in [2.24, 2.45) is 0 Å². The second-order valence-electron chi connectivity index (χ2n) is 4.29. The zero-order valence-corrected chi connectivity index (χ0v) is 10.6. The number of methoxy groups -OCH3 is 2. The fourth-order valence-electron chi connectivity index (χ4n) is 1.71. The maximum atomic E-state index is 9.94. The number of furan rings is 1. The third-order valence-corrected chi connectivity index (χ3v) is 2.86. The lowest BCUT2D eigenvalue weighted by molar-refractivity contribution is -0.0184. The summed E-state index contributed by atoms with van der Waals surface area (Å²) >= 11 is 0. The van der Waals surface area contributed by atoms with Crippen LogP contribution in [0, 0.1) is 0 Å². The van der Waals surface area contributed by atoms with E-state index in [-0.39, 0.29) is 0 Å². The van der Waals surface area contributed by atoms with E-state index in [0.717, 1.165) is 5.39 Å². The monoisotopic (exact) mass is 252 g/mol. The van der Waals surface area contributed by atoms with Crippen LogP contribution < -0.4 is 9.47 Å². The van der Waals surface area contributed by atoms with E-state index in [1.807, 2.05) is 0 Å². The molecule has 0 spiro atoms. The minimum atomic E-state index is -1.40. The second kappa shape index (κ2) is 4.51. The number of aliphatic hydroxyl groups excluding tert-OH is 1. The highest BCUT2D eigenvalue weighted by molar-refractivity contribution is 5.82. The minimum absolute atomic E-state index is 0.301. The van der Waals surface area contributed by atoms with Gasteiger partial charge in [-0.15, -0.1) is 0 Å². The van der Waals surface area contributed by atoms with Crippen LogP contribution in [0.1, 0.15) is 12.7 Å². The Labute approximate surface area is 105 Å². The number of aliphatic hydroxyl groups is 2. The molecule has 2 rings (SSSR count). The molecular formula is C13H16O5. The fourth-order valence-corrected chi connectivity index (χ4v) is 1.71. The first kappa shape index (κ1) is 12.7. The highest BCUT2D eigenvalue weighted by atomic mass is 16.5. The summed E-state index contributed by atoms with van der Waals surface area (Å²) in [6.45, 7) is 1.07. The molecule has 1 atom stereocenters. The van der Waals surface area contributed by atoms with Gasteiger partial charge >= 0.3 is 0 Å². The lowest BCUT2D eigenvalue weighted by Gasteiger charge is -2.16. The molecule has 1 heterocycles. The molecule has 1 aromatic carbocycles. The molecule has 0 saturated carbocycles. The van der Waals surface area contributed by atoms with Gasteiger partial charge in [-0.2, -0.15) is 0 Å². The normalized spacial score (nSPS) is 14.5. The van der Waals surface area contributed by atoms with Gasteiger partial charge in [0.1, 0.15) is 16.9 Å². The van der Waals surface area contributed by atoms with Crippen LogP contribution in [0.5, 0.6) is 11.5 Å². The molecule has 5 heteroatoms. The molecule has 18 heavy (non-hydrogen) atoms. The van der Waals surface area contributed by atoms with Gasteiger partial charge in [-0.1, -0.05) is 0 Å². The van der Waals surface area contributed by atoms with Crippen molar-refractivity contribution in [2.45, 2.75) is 12.5 Å². The number of hydrogen-bond acceptors (Lipinski definition) is 5. The van der Waals surface area contributed by atoms with Crippen molar-refractivity contribution < 1.29 is 24.1 Å². The Morgan fingerprint density at radius 3 is 2.33 bits per heavy atom. The van der Waals surface area contributed by atoms with Gasteiger partial charge in [0, 0.05) is 11.5 Å². The third kappa shape index (κ3) is 2.02. The summed E-state index contributed by atoms with van der Waals surface area (Å²) in [5.74, 6) is 1.44. The highest BCUT2D eigenvalue weighted by Gasteiger charge is 2.26. The molecule has 0 amide bonds. The van der Waals surface area contributed by atoms with Gasteiger partial charge in [0.2, 0.25) is 0 Å². The second-order valence-corrected chi connectivity index (χ2v) is 4.29. The van der Waals surface area contributed by atoms with Gasteiger partial charge in [-0.25, -0.2) is 0 Å². The number of hydrogen-bond donors (Lipinski definition) is 2. The van der Waals surface area contributed by atoms with Crippen LogP contribution in [0.15, 0.2) is 22.6 Å². The fraction of sp³-hybridized carbons (Fsp3) is 0.385. The van der Waals surface area contributed by atoms with Crippen LogP contribution in [-0.2, 0) is 5.60 Å². The Balaban J connectivity index is 2.58. The van der Waals surface area contributed by atoms with Gasteiger partial charge in [0.15, 0.2) is 11.5 Å². The molecule has 0 aliphatic rings. The first-order valence-electron chi connectivity index (χ1n) is 5.51. The Bertz CT molecular complexity index is 515. The topological polar surface area (TPSA) is 72.1 Å². The van der Waals surface area contributed by atoms with Gasteiger partial charge in [-0.3, -0.25) is 0 Å². The lowest BCUT2D eigenvalue weighted by atomic mass is 10.1. The van der Waals surface area contributed by atoms with Gasteiger partial charge in [0.05, 0.1) is 20.8 Å². The molecule has 5 nitrogen and oxygen atoms in total. The van der Waals surface area contributed by atoms with E-state index >= 15 is 0 Å². The predicted octanol–water partition coefficient (Wildman–Crippen LogP) is 1.65. The summed E-state index contributed by atoms with van der Waals surface area (Å²) in [6.07, 6.45) is 0. The first-order chi connectivity index (χ1) is 8.51. The van der Waals surface area contributed by atoms with Crippen LogP contribution >= 0.6 is 0 Å². The van der Waals surface area contributed by atoms with Crippen LogP contribution in [-0.4, -0.2) is 31.0 Å². The third-order valence-electron chi connectivity index (χ3n) is 2.86. The smallest absolute Gasteiger partial charge is 0.164 e. The summed E-state index contributed by atoms with van der Waals surface area (Å²) in [5.41, 5.74) is -0.837. The van der Waals surface area contributed by atoms with E-state index in [1.165, 1.54) is 14.0 Å². The maximum absolute atomic E-state index is 9.94. The summed E-state index contributed by atoms with van der Waals surface area (Å²) < 4.78 is 15.9. The average Bonchev–Trinajstić information content (AvgIpc) is 2.80. The van der Waals surface area contributed by atoms with Crippen molar-refractivity contribution >= 4 is 11.0 Å². The van der Waals surface area contributed by atoms with E-state index in [0.29, 0.717) is 22.8 Å². The molecule has 1 unspecified atom stereocenters. The predicted molar refractivity (Wildman–Crippen MR) is 66.0 cm³/mol. The van der Waals surface area contributed by atoms with E-state index in [1.54, 1.807) is 25.3 Å². The zero-order chi connectivity index (χ0) is 13.3. The summed E-state index contributed by atoms with van der Waals surface area (Å²) in [7, 11) is 3.09. The van der Waals surface area contributed by atoms with E-state index in [4.69, 9.17) is 19.0 Å². The summed E-state index contributed by atoms with van der Waals surface area (Å²) in [6, 6.07) is 5.12. The van der Waals surface area contributed by atoms with Crippen molar-refractivity contribution in [3.8, 4) is 11.5 Å². The van der Waals surface area contributed by atoms with Crippen molar-refractivity contribution in [2.75, 3.05) is 20.8 Å². The largest absolute Gasteiger partial charge is 0.493 e. The quantitative estimate of drug-likeness (QED) is 0.865. The summed E-state index contributed by atoms with van der Waals surface area (Å²) in [4.78, 5) is 0. The van der Waals surface area contributed by atoms with Gasteiger partial charge in [0.25, 0.3) is 0 Å². The average molecular weight is 252 g/mol. The van der Waals surface area contributed by atoms with E-state index < -0.39 is 12.2 Å². The molecular weight excluding hydrogens is 236 g/mol. The van der Waals surface area contributed by atoms with Crippen LogP contribution in [0.4, 0.5) is 0 Å². The van der Waals surface area contributed by atoms with E-state index in [9.17, 15) is 5.11 Å². The molecule has 0 aliphatic heterocycles. The molecule has 2 N–H and O–H groups in total. The molecule has 1 aromatic heterocycles. The highest BCUT2D eigenvalue weighted by Crippen LogP contribution is 2.35. The zero-order valence-electron chi connectivity index (χ0n) is 10.6. The number of rotatable bonds is 4. The molecule has 0 bridgehead atoms. The van der Waals surface area contributed by atoms with Gasteiger partial charge in [-0.05, 0) is 19.1 Å². The number of fused-ring (bicyclic) bond motifs is 1. The Morgan fingerprint density at radius 1 is 1.17 bits per heavy atom. The van der Waals surface area contributed by atoms with E-state index in [2.05, 4.69) is 0 Å². The molecule has 2 aromatic rings. The molecule has 0 fully saturated rings. The molecule has 0 aliphatic carbocycles. The standard InChI is InChI=1S/C13H16O5/c1-13(15,7-14)12-5-8-4-10(16-2)11(17-3)6-9(8)18-12/h4-6,14-15H,7H2,1-3H3. The molecule has 0 radical (unpaired) electrons. The SMILES string of the molecule is COc1cc2cc(C(C)(O)CO)oc2cc1OC. The number of benzene rings is 1. The lowest BCUT2D eigenvalue weighted by Crippen LogP contribution is -2.24. The van der Waals surface area contributed by atoms with Crippen LogP contribution in [0.3, 0.4) is 0 Å². The Kier molecular flexibility index (Phi) is 3.19. The molecule has 0 saturated heterocycles. The van der Waals surface area contributed by atoms with Crippen molar-refractivity contribution in [1.29, 1.82) is 0 Å². The number of ether oxygens (including phenoxy) is 2. The van der Waals surface area contributed by atoms with Crippen LogP contribution in [0.25, 0.3) is 11.0 Å². The van der Waals surface area contributed by atoms with Crippen molar-refractivity contribution in [3.63, 3.8) is 0 Å². The summed E-state index contributed by atoms with van der Waals surface area (Å²) in [5, 5.41) is 19.8. The molecule has 98 valence electrons.